The highest BCUT2D eigenvalue weighted by molar-refractivity contribution is 5.97. The average Bonchev–Trinajstić information content (AvgIpc) is 2.63. The quantitative estimate of drug-likeness (QED) is 0.715. The van der Waals surface area contributed by atoms with Gasteiger partial charge in [0.05, 0.1) is 5.52 Å². The normalized spacial score (nSPS) is 12.2. The van der Waals surface area contributed by atoms with Gasteiger partial charge in [0.1, 0.15) is 5.56 Å². The van der Waals surface area contributed by atoms with Gasteiger partial charge >= 0.3 is 0 Å². The number of nitrogens with zero attached hydrogens (tertiary/aromatic N) is 3. The predicted molar refractivity (Wildman–Crippen MR) is 108 cm³/mol. The highest BCUT2D eigenvalue weighted by Gasteiger charge is 2.22. The third-order valence-electron chi connectivity index (χ3n) is 5.03. The first-order valence-electron chi connectivity index (χ1n) is 9.06. The lowest BCUT2D eigenvalue weighted by atomic mass is 10.1. The fourth-order valence-electron chi connectivity index (χ4n) is 3.30. The monoisotopic (exact) mass is 363 g/mol. The van der Waals surface area contributed by atoms with E-state index in [4.69, 9.17) is 0 Å². The summed E-state index contributed by atoms with van der Waals surface area (Å²) in [6.07, 6.45) is 4.05. The van der Waals surface area contributed by atoms with Gasteiger partial charge in [0.2, 0.25) is 5.43 Å². The molecule has 1 aromatic carbocycles. The summed E-state index contributed by atoms with van der Waals surface area (Å²) in [5.41, 5.74) is 3.87. The second-order valence-electron chi connectivity index (χ2n) is 7.30. The molecule has 2 aromatic heterocycles. The second kappa shape index (κ2) is 7.35. The van der Waals surface area contributed by atoms with Crippen molar-refractivity contribution in [2.75, 3.05) is 7.05 Å². The minimum atomic E-state index is -0.265. The number of carbonyl (C=O) groups excluding carboxylic acids is 1. The van der Waals surface area contributed by atoms with E-state index in [0.29, 0.717) is 11.8 Å². The predicted octanol–water partition coefficient (Wildman–Crippen LogP) is 3.25. The molecule has 0 N–H and O–H groups in total. The van der Waals surface area contributed by atoms with Gasteiger partial charge in [-0.25, -0.2) is 0 Å². The fourth-order valence-corrected chi connectivity index (χ4v) is 3.30. The number of amides is 1. The summed E-state index contributed by atoms with van der Waals surface area (Å²) >= 11 is 0. The molecule has 0 aliphatic carbocycles. The molecule has 1 unspecified atom stereocenters. The Morgan fingerprint density at radius 3 is 2.59 bits per heavy atom. The lowest BCUT2D eigenvalue weighted by Crippen LogP contribution is -2.39. The van der Waals surface area contributed by atoms with E-state index in [1.54, 1.807) is 24.3 Å². The Kier molecular flexibility index (Phi) is 5.13. The number of pyridine rings is 2. The van der Waals surface area contributed by atoms with Crippen molar-refractivity contribution in [1.82, 2.24) is 14.5 Å². The molecule has 0 saturated carbocycles. The molecule has 5 nitrogen and oxygen atoms in total. The number of likely N-dealkylation sites (N-methyl/N-ethyl adjacent to an activating group) is 1. The van der Waals surface area contributed by atoms with Gasteiger partial charge in [-0.3, -0.25) is 14.6 Å². The number of aryl methyl sites for hydroxylation is 3. The van der Waals surface area contributed by atoms with Crippen molar-refractivity contribution in [2.45, 2.75) is 33.2 Å². The van der Waals surface area contributed by atoms with Crippen LogP contribution < -0.4 is 5.43 Å². The lowest BCUT2D eigenvalue weighted by molar-refractivity contribution is 0.0741. The third kappa shape index (κ3) is 3.77. The molecule has 140 valence electrons. The maximum Gasteiger partial charge on any atom is 0.259 e. The maximum absolute atomic E-state index is 13.0. The van der Waals surface area contributed by atoms with Crippen LogP contribution in [0.5, 0.6) is 0 Å². The van der Waals surface area contributed by atoms with Gasteiger partial charge in [-0.1, -0.05) is 11.6 Å². The largest absolute Gasteiger partial charge is 0.350 e. The molecule has 27 heavy (non-hydrogen) atoms. The van der Waals surface area contributed by atoms with Gasteiger partial charge in [-0.05, 0) is 50.6 Å². The number of rotatable bonds is 4. The van der Waals surface area contributed by atoms with Crippen LogP contribution in [-0.4, -0.2) is 33.4 Å². The molecule has 0 fully saturated rings. The third-order valence-corrected chi connectivity index (χ3v) is 5.03. The highest BCUT2D eigenvalue weighted by Crippen LogP contribution is 2.15. The molecule has 5 heteroatoms. The van der Waals surface area contributed by atoms with E-state index < -0.39 is 0 Å². The number of benzene rings is 1. The van der Waals surface area contributed by atoms with Gasteiger partial charge < -0.3 is 9.47 Å². The molecule has 0 saturated heterocycles. The van der Waals surface area contributed by atoms with E-state index in [9.17, 15) is 9.59 Å². The van der Waals surface area contributed by atoms with Crippen molar-refractivity contribution in [3.63, 3.8) is 0 Å². The standard InChI is InChI=1S/C22H25N3O2/c1-14-6-7-20-18(11-14)21(26)19(13-24(20)4)22(27)25(5)16(3)12-17-10-15(2)8-9-23-17/h6-11,13,16H,12H2,1-5H3. The number of hydrogen-bond acceptors (Lipinski definition) is 3. The summed E-state index contributed by atoms with van der Waals surface area (Å²) in [7, 11) is 3.59. The number of carbonyl (C=O) groups is 1. The van der Waals surface area contributed by atoms with Crippen LogP contribution in [0.25, 0.3) is 10.9 Å². The van der Waals surface area contributed by atoms with E-state index in [1.807, 2.05) is 62.7 Å². The Balaban J connectivity index is 1.92. The Morgan fingerprint density at radius 2 is 1.89 bits per heavy atom. The smallest absolute Gasteiger partial charge is 0.259 e. The second-order valence-corrected chi connectivity index (χ2v) is 7.30. The van der Waals surface area contributed by atoms with Gasteiger partial charge in [0.15, 0.2) is 0 Å². The van der Waals surface area contributed by atoms with Crippen LogP contribution in [-0.2, 0) is 13.5 Å². The molecule has 1 atom stereocenters. The molecule has 2 heterocycles. The van der Waals surface area contributed by atoms with Gasteiger partial charge in [0, 0.05) is 50.0 Å². The van der Waals surface area contributed by atoms with E-state index in [0.717, 1.165) is 22.3 Å². The Labute approximate surface area is 159 Å². The van der Waals surface area contributed by atoms with Crippen molar-refractivity contribution < 1.29 is 4.79 Å². The molecular formula is C22H25N3O2. The van der Waals surface area contributed by atoms with Crippen LogP contribution >= 0.6 is 0 Å². The molecular weight excluding hydrogens is 338 g/mol. The SMILES string of the molecule is Cc1ccnc(CC(C)N(C)C(=O)c2cn(C)c3ccc(C)cc3c2=O)c1. The van der Waals surface area contributed by atoms with Crippen molar-refractivity contribution in [3.8, 4) is 0 Å². The topological polar surface area (TPSA) is 55.2 Å². The van der Waals surface area contributed by atoms with E-state index >= 15 is 0 Å². The summed E-state index contributed by atoms with van der Waals surface area (Å²) in [4.78, 5) is 32.0. The molecule has 0 aliphatic rings. The molecule has 1 amide bonds. The number of hydrogen-bond donors (Lipinski definition) is 0. The summed E-state index contributed by atoms with van der Waals surface area (Å²) in [5, 5.41) is 0.574. The van der Waals surface area contributed by atoms with Crippen LogP contribution in [0.3, 0.4) is 0 Å². The number of aromatic nitrogens is 2. The van der Waals surface area contributed by atoms with E-state index in [-0.39, 0.29) is 22.9 Å². The minimum Gasteiger partial charge on any atom is -0.350 e. The van der Waals surface area contributed by atoms with Crippen LogP contribution in [0.15, 0.2) is 47.5 Å². The van der Waals surface area contributed by atoms with E-state index in [2.05, 4.69) is 4.98 Å². The average molecular weight is 363 g/mol. The van der Waals surface area contributed by atoms with Crippen LogP contribution in [0.2, 0.25) is 0 Å². The first-order chi connectivity index (χ1) is 12.8. The summed E-state index contributed by atoms with van der Waals surface area (Å²) < 4.78 is 1.84. The molecule has 3 rings (SSSR count). The molecule has 0 radical (unpaired) electrons. The summed E-state index contributed by atoms with van der Waals surface area (Å²) in [5.74, 6) is -0.265. The Morgan fingerprint density at radius 1 is 1.19 bits per heavy atom. The highest BCUT2D eigenvalue weighted by atomic mass is 16.2. The van der Waals surface area contributed by atoms with Crippen LogP contribution in [0, 0.1) is 13.8 Å². The Bertz CT molecular complexity index is 1070. The van der Waals surface area contributed by atoms with Crippen molar-refractivity contribution in [1.29, 1.82) is 0 Å². The zero-order valence-corrected chi connectivity index (χ0v) is 16.5. The first-order valence-corrected chi connectivity index (χ1v) is 9.06. The van der Waals surface area contributed by atoms with Gasteiger partial charge in [-0.15, -0.1) is 0 Å². The first kappa shape index (κ1) is 18.8. The Hall–Kier alpha value is -2.95. The summed E-state index contributed by atoms with van der Waals surface area (Å²) in [6, 6.07) is 9.61. The molecule has 0 spiro atoms. The lowest BCUT2D eigenvalue weighted by Gasteiger charge is -2.25. The molecule has 3 aromatic rings. The fraction of sp³-hybridized carbons (Fsp3) is 0.318. The summed E-state index contributed by atoms with van der Waals surface area (Å²) in [6.45, 7) is 5.93. The van der Waals surface area contributed by atoms with Crippen LogP contribution in [0.4, 0.5) is 0 Å². The van der Waals surface area contributed by atoms with E-state index in [1.165, 1.54) is 0 Å². The van der Waals surface area contributed by atoms with Gasteiger partial charge in [-0.2, -0.15) is 0 Å². The zero-order chi connectivity index (χ0) is 19.7. The molecule has 0 bridgehead atoms. The van der Waals surface area contributed by atoms with Crippen LogP contribution in [0.1, 0.15) is 34.1 Å². The van der Waals surface area contributed by atoms with Crippen molar-refractivity contribution in [2.24, 2.45) is 7.05 Å². The van der Waals surface area contributed by atoms with Crippen molar-refractivity contribution in [3.05, 3.63) is 75.3 Å². The number of fused-ring (bicyclic) bond motifs is 1. The van der Waals surface area contributed by atoms with Crippen molar-refractivity contribution >= 4 is 16.8 Å². The maximum atomic E-state index is 13.0. The van der Waals surface area contributed by atoms with Gasteiger partial charge in [0.25, 0.3) is 5.91 Å². The zero-order valence-electron chi connectivity index (χ0n) is 16.5. The molecule has 0 aliphatic heterocycles. The minimum absolute atomic E-state index is 0.0790.